The molecule has 9 heteroatoms. The number of sulfonamides is 1. The Morgan fingerprint density at radius 2 is 1.59 bits per heavy atom. The summed E-state index contributed by atoms with van der Waals surface area (Å²) < 4.78 is 40.9. The van der Waals surface area contributed by atoms with Crippen LogP contribution in [-0.4, -0.2) is 45.5 Å². The summed E-state index contributed by atoms with van der Waals surface area (Å²) in [6, 6.07) is 19.4. The average Bonchev–Trinajstić information content (AvgIpc) is 2.80. The number of hydrazone groups is 1. The van der Waals surface area contributed by atoms with E-state index >= 15 is 0 Å². The average molecular weight is 483 g/mol. The maximum atomic E-state index is 13.3. The van der Waals surface area contributed by atoms with Crippen LogP contribution < -0.4 is 10.3 Å². The molecule has 0 aliphatic rings. The summed E-state index contributed by atoms with van der Waals surface area (Å²) in [5.41, 5.74) is 5.65. The van der Waals surface area contributed by atoms with Gasteiger partial charge in [-0.05, 0) is 54.4 Å². The van der Waals surface area contributed by atoms with Crippen LogP contribution >= 0.6 is 0 Å². The summed E-state index contributed by atoms with van der Waals surface area (Å²) in [7, 11) is -0.117. The Morgan fingerprint density at radius 1 is 0.971 bits per heavy atom. The number of aryl methyl sites for hydroxylation is 1. The Hall–Kier alpha value is -3.56. The van der Waals surface area contributed by atoms with Crippen molar-refractivity contribution in [1.82, 2.24) is 9.73 Å². The van der Waals surface area contributed by atoms with Crippen molar-refractivity contribution >= 4 is 27.8 Å². The molecule has 7 nitrogen and oxygen atoms in total. The van der Waals surface area contributed by atoms with Gasteiger partial charge in [0.25, 0.3) is 5.91 Å². The molecule has 0 saturated heterocycles. The molecule has 3 rings (SSSR count). The van der Waals surface area contributed by atoms with Gasteiger partial charge in [-0.1, -0.05) is 42.0 Å². The molecule has 0 spiro atoms. The molecule has 3 aromatic rings. The van der Waals surface area contributed by atoms with Crippen LogP contribution in [0.3, 0.4) is 0 Å². The molecule has 0 radical (unpaired) electrons. The first-order valence-corrected chi connectivity index (χ1v) is 12.0. The van der Waals surface area contributed by atoms with Crippen LogP contribution in [-0.2, 0) is 21.4 Å². The summed E-state index contributed by atoms with van der Waals surface area (Å²) in [6.45, 7) is 1.30. The van der Waals surface area contributed by atoms with Gasteiger partial charge in [0.15, 0.2) is 0 Å². The molecular formula is C25H27FN4O3S. The Kier molecular flexibility index (Phi) is 8.14. The van der Waals surface area contributed by atoms with Gasteiger partial charge >= 0.3 is 0 Å². The van der Waals surface area contributed by atoms with Gasteiger partial charge in [0.05, 0.1) is 17.7 Å². The molecule has 1 amide bonds. The third-order valence-electron chi connectivity index (χ3n) is 5.06. The van der Waals surface area contributed by atoms with Crippen LogP contribution in [0.1, 0.15) is 16.7 Å². The molecule has 0 aromatic heterocycles. The molecular weight excluding hydrogens is 455 g/mol. The van der Waals surface area contributed by atoms with Gasteiger partial charge < -0.3 is 4.90 Å². The second-order valence-electron chi connectivity index (χ2n) is 7.99. The lowest BCUT2D eigenvalue weighted by molar-refractivity contribution is -0.121. The van der Waals surface area contributed by atoms with E-state index in [2.05, 4.69) is 10.5 Å². The number of rotatable bonds is 9. The van der Waals surface area contributed by atoms with Crippen LogP contribution in [0.4, 0.5) is 10.1 Å². The highest BCUT2D eigenvalue weighted by molar-refractivity contribution is 7.89. The van der Waals surface area contributed by atoms with Crippen molar-refractivity contribution in [2.24, 2.45) is 5.10 Å². The molecule has 3 aromatic carbocycles. The minimum atomic E-state index is -3.99. The van der Waals surface area contributed by atoms with Crippen molar-refractivity contribution in [3.8, 4) is 0 Å². The van der Waals surface area contributed by atoms with E-state index in [9.17, 15) is 17.6 Å². The van der Waals surface area contributed by atoms with E-state index in [-0.39, 0.29) is 11.4 Å². The topological polar surface area (TPSA) is 82.1 Å². The Bertz CT molecular complexity index is 1240. The standard InChI is InChI=1S/C25H27FN4O3S/c1-19-4-14-24(15-5-19)34(32,33)30(17-21-6-10-22(26)11-7-21)18-25(31)28-27-16-20-8-12-23(13-9-20)29(2)3/h4-16H,17-18H2,1-3H3,(H,28,31)/b27-16-. The first kappa shape index (κ1) is 25.1. The first-order valence-electron chi connectivity index (χ1n) is 10.6. The summed E-state index contributed by atoms with van der Waals surface area (Å²) in [5, 5.41) is 3.94. The molecule has 0 fully saturated rings. The number of halogens is 1. The summed E-state index contributed by atoms with van der Waals surface area (Å²) in [5.74, 6) is -1.03. The van der Waals surface area contributed by atoms with Crippen molar-refractivity contribution in [3.05, 3.63) is 95.3 Å². The van der Waals surface area contributed by atoms with Crippen LogP contribution in [0.25, 0.3) is 0 Å². The van der Waals surface area contributed by atoms with Gasteiger partial charge in [0.1, 0.15) is 5.82 Å². The molecule has 0 unspecified atom stereocenters. The Morgan fingerprint density at radius 3 is 2.18 bits per heavy atom. The van der Waals surface area contributed by atoms with Crippen LogP contribution in [0.15, 0.2) is 82.8 Å². The molecule has 0 aliphatic heterocycles. The number of amides is 1. The van der Waals surface area contributed by atoms with Gasteiger partial charge in [-0.25, -0.2) is 18.2 Å². The zero-order valence-electron chi connectivity index (χ0n) is 19.3. The van der Waals surface area contributed by atoms with Crippen LogP contribution in [0, 0.1) is 12.7 Å². The number of nitrogens with zero attached hydrogens (tertiary/aromatic N) is 3. The van der Waals surface area contributed by atoms with E-state index in [0.29, 0.717) is 5.56 Å². The Balaban J connectivity index is 1.75. The largest absolute Gasteiger partial charge is 0.378 e. The van der Waals surface area contributed by atoms with Crippen molar-refractivity contribution in [2.75, 3.05) is 25.5 Å². The van der Waals surface area contributed by atoms with Crippen molar-refractivity contribution in [3.63, 3.8) is 0 Å². The number of carbonyl (C=O) groups excluding carboxylic acids is 1. The van der Waals surface area contributed by atoms with Gasteiger partial charge in [-0.15, -0.1) is 0 Å². The minimum absolute atomic E-state index is 0.0671. The lowest BCUT2D eigenvalue weighted by Crippen LogP contribution is -2.39. The second-order valence-corrected chi connectivity index (χ2v) is 9.93. The lowest BCUT2D eigenvalue weighted by Gasteiger charge is -2.21. The van der Waals surface area contributed by atoms with Gasteiger partial charge in [0, 0.05) is 26.3 Å². The highest BCUT2D eigenvalue weighted by Crippen LogP contribution is 2.19. The predicted octanol–water partition coefficient (Wildman–Crippen LogP) is 3.54. The third-order valence-corrected chi connectivity index (χ3v) is 6.87. The predicted molar refractivity (Wildman–Crippen MR) is 132 cm³/mol. The lowest BCUT2D eigenvalue weighted by atomic mass is 10.2. The van der Waals surface area contributed by atoms with Gasteiger partial charge in [0.2, 0.25) is 10.0 Å². The molecule has 0 bridgehead atoms. The number of anilines is 1. The maximum Gasteiger partial charge on any atom is 0.255 e. The van der Waals surface area contributed by atoms with E-state index in [4.69, 9.17) is 0 Å². The SMILES string of the molecule is Cc1ccc(S(=O)(=O)N(CC(=O)N/N=C\c2ccc(N(C)C)cc2)Cc2ccc(F)cc2)cc1. The number of nitrogens with one attached hydrogen (secondary N) is 1. The molecule has 0 heterocycles. The second kappa shape index (κ2) is 11.0. The number of hydrogen-bond acceptors (Lipinski definition) is 5. The van der Waals surface area contributed by atoms with Crippen molar-refractivity contribution < 1.29 is 17.6 Å². The fraction of sp³-hybridized carbons (Fsp3) is 0.200. The molecule has 34 heavy (non-hydrogen) atoms. The molecule has 0 atom stereocenters. The fourth-order valence-electron chi connectivity index (χ4n) is 3.11. The van der Waals surface area contributed by atoms with Crippen molar-refractivity contribution in [1.29, 1.82) is 0 Å². The number of hydrogen-bond donors (Lipinski definition) is 1. The van der Waals surface area contributed by atoms with E-state index in [1.54, 1.807) is 12.1 Å². The normalized spacial score (nSPS) is 11.7. The third kappa shape index (κ3) is 6.72. The van der Waals surface area contributed by atoms with E-state index in [1.165, 1.54) is 42.6 Å². The quantitative estimate of drug-likeness (QED) is 0.374. The highest BCUT2D eigenvalue weighted by Gasteiger charge is 2.27. The molecule has 0 aliphatic carbocycles. The van der Waals surface area contributed by atoms with Gasteiger partial charge in [-0.2, -0.15) is 9.41 Å². The Labute approximate surface area is 199 Å². The number of carbonyl (C=O) groups is 1. The summed E-state index contributed by atoms with van der Waals surface area (Å²) in [4.78, 5) is 14.6. The maximum absolute atomic E-state index is 13.3. The monoisotopic (exact) mass is 482 g/mol. The smallest absolute Gasteiger partial charge is 0.255 e. The van der Waals surface area contributed by atoms with Gasteiger partial charge in [-0.3, -0.25) is 4.79 Å². The van der Waals surface area contributed by atoms with Crippen molar-refractivity contribution in [2.45, 2.75) is 18.4 Å². The molecule has 178 valence electrons. The van der Waals surface area contributed by atoms with E-state index < -0.39 is 28.3 Å². The number of benzene rings is 3. The first-order chi connectivity index (χ1) is 16.1. The molecule has 1 N–H and O–H groups in total. The van der Waals surface area contributed by atoms with E-state index in [1.807, 2.05) is 50.2 Å². The fourth-order valence-corrected chi connectivity index (χ4v) is 4.50. The van der Waals surface area contributed by atoms with E-state index in [0.717, 1.165) is 21.1 Å². The summed E-state index contributed by atoms with van der Waals surface area (Å²) in [6.07, 6.45) is 1.48. The highest BCUT2D eigenvalue weighted by atomic mass is 32.2. The van der Waals surface area contributed by atoms with Crippen LogP contribution in [0.5, 0.6) is 0 Å². The zero-order chi connectivity index (χ0) is 24.7. The zero-order valence-corrected chi connectivity index (χ0v) is 20.1. The molecule has 0 saturated carbocycles. The minimum Gasteiger partial charge on any atom is -0.378 e. The van der Waals surface area contributed by atoms with Crippen LogP contribution in [0.2, 0.25) is 0 Å². The summed E-state index contributed by atoms with van der Waals surface area (Å²) >= 11 is 0.